The van der Waals surface area contributed by atoms with E-state index in [9.17, 15) is 0 Å². The summed E-state index contributed by atoms with van der Waals surface area (Å²) < 4.78 is 2.56. The summed E-state index contributed by atoms with van der Waals surface area (Å²) in [4.78, 5) is 7.80. The van der Waals surface area contributed by atoms with E-state index in [4.69, 9.17) is 23.2 Å². The topological polar surface area (TPSA) is 8.17 Å². The van der Waals surface area contributed by atoms with Crippen LogP contribution < -0.4 is 32.2 Å². The molecule has 6 heterocycles. The highest BCUT2D eigenvalue weighted by molar-refractivity contribution is 8.00. The van der Waals surface area contributed by atoms with E-state index in [0.717, 1.165) is 10.0 Å². The average molecular weight is 1170 g/mol. The number of allylic oxidation sites excluding steroid dienone is 2. The summed E-state index contributed by atoms with van der Waals surface area (Å²) in [7, 11) is 0. The first-order valence-corrected chi connectivity index (χ1v) is 33.0. The highest BCUT2D eigenvalue weighted by atomic mass is 35.5. The van der Waals surface area contributed by atoms with Gasteiger partial charge in [-0.05, 0) is 171 Å². The Morgan fingerprint density at radius 3 is 1.62 bits per heavy atom. The molecule has 0 saturated heterocycles. The van der Waals surface area contributed by atoms with E-state index in [1.54, 1.807) is 0 Å². The molecule has 9 aromatic carbocycles. The lowest BCUT2D eigenvalue weighted by Gasteiger charge is -2.46. The van der Waals surface area contributed by atoms with Crippen LogP contribution >= 0.6 is 46.7 Å². The van der Waals surface area contributed by atoms with Crippen molar-refractivity contribution in [1.82, 2.24) is 4.57 Å². The van der Waals surface area contributed by atoms with Gasteiger partial charge in [0.25, 0.3) is 0 Å². The zero-order chi connectivity index (χ0) is 58.2. The maximum absolute atomic E-state index is 7.40. The van der Waals surface area contributed by atoms with Crippen molar-refractivity contribution >= 4 is 121 Å². The molecule has 10 aromatic rings. The molecule has 8 aliphatic rings. The van der Waals surface area contributed by atoms with Gasteiger partial charge < -0.3 is 9.47 Å². The Labute approximate surface area is 519 Å². The molecule has 0 amide bonds. The van der Waals surface area contributed by atoms with Crippen LogP contribution in [0.4, 0.5) is 11.4 Å². The Hall–Kier alpha value is -6.53. The average Bonchev–Trinajstić information content (AvgIpc) is 1.58. The monoisotopic (exact) mass is 1170 g/mol. The van der Waals surface area contributed by atoms with E-state index in [1.807, 2.05) is 23.5 Å². The fourth-order valence-corrected chi connectivity index (χ4v) is 19.9. The van der Waals surface area contributed by atoms with Gasteiger partial charge in [0.05, 0.1) is 17.0 Å². The Kier molecular flexibility index (Phi) is 10.1. The molecule has 3 atom stereocenters. The molecule has 0 N–H and O–H groups in total. The van der Waals surface area contributed by atoms with Crippen LogP contribution in [0.25, 0.3) is 49.7 Å². The van der Waals surface area contributed by atoms with Gasteiger partial charge in [-0.3, -0.25) is 0 Å². The van der Waals surface area contributed by atoms with Crippen molar-refractivity contribution < 1.29 is 0 Å². The molecule has 1 aromatic heterocycles. The number of anilines is 2. The van der Waals surface area contributed by atoms with Gasteiger partial charge in [0, 0.05) is 68.9 Å². The van der Waals surface area contributed by atoms with Crippen molar-refractivity contribution in [3.63, 3.8) is 0 Å². The molecule has 414 valence electrons. The van der Waals surface area contributed by atoms with Crippen molar-refractivity contribution in [3.8, 4) is 27.9 Å². The van der Waals surface area contributed by atoms with Crippen LogP contribution in [0.1, 0.15) is 134 Å². The summed E-state index contributed by atoms with van der Waals surface area (Å²) in [6.45, 7) is 28.4. The first-order chi connectivity index (χ1) is 40.5. The number of hydrogen-bond acceptors (Lipinski definition) is 3. The fourth-order valence-electron chi connectivity index (χ4n) is 16.9. The third-order valence-corrected chi connectivity index (χ3v) is 23.6. The summed E-state index contributed by atoms with van der Waals surface area (Å²) in [5, 5.41) is 4.18. The van der Waals surface area contributed by atoms with E-state index in [2.05, 4.69) is 250 Å². The standard InChI is InChI=1S/C77H64B2Cl2N2S2/c1-73(2,3)39-21-23-61-49(25-39)51-27-41(75(7,8)9)29-59-71(51)82(61)63-31-43(80)33-67-69(63)78(59)57-35-47-45-17-13-15-19-53(45)77(55(47)37-65(57)84-67)54-20-16-14-18-46(54)48-36-58-66(38-56(48)77)85-68-34-44(81)32-64-70(68)79(58)60-30-42(76(10,11)12)28-52-50-26-40(74(4,5)6)22-24-62(50)83(64)72(52)60/h13-38,51,71H,1-12H3. The molecule has 3 aliphatic carbocycles. The lowest BCUT2D eigenvalue weighted by molar-refractivity contribution is 0.505. The lowest BCUT2D eigenvalue weighted by atomic mass is 9.32. The molecule has 5 aliphatic heterocycles. The van der Waals surface area contributed by atoms with Crippen molar-refractivity contribution in [3.05, 3.63) is 223 Å². The second-order valence-corrected chi connectivity index (χ2v) is 32.9. The molecule has 2 nitrogen and oxygen atoms in total. The van der Waals surface area contributed by atoms with Crippen LogP contribution in [0, 0.1) is 5.41 Å². The van der Waals surface area contributed by atoms with E-state index < -0.39 is 5.41 Å². The maximum atomic E-state index is 7.40. The molecule has 85 heavy (non-hydrogen) atoms. The van der Waals surface area contributed by atoms with Gasteiger partial charge in [-0.15, -0.1) is 0 Å². The molecule has 0 radical (unpaired) electrons. The normalized spacial score (nSPS) is 19.4. The predicted octanol–water partition coefficient (Wildman–Crippen LogP) is 17.8. The highest BCUT2D eigenvalue weighted by Gasteiger charge is 2.57. The summed E-state index contributed by atoms with van der Waals surface area (Å²) in [5.41, 5.74) is 31.7. The van der Waals surface area contributed by atoms with Crippen molar-refractivity contribution in [2.45, 2.75) is 136 Å². The van der Waals surface area contributed by atoms with Gasteiger partial charge in [-0.2, -0.15) is 0 Å². The van der Waals surface area contributed by atoms with E-state index in [1.165, 1.54) is 164 Å². The van der Waals surface area contributed by atoms with Gasteiger partial charge in [-0.25, -0.2) is 0 Å². The minimum Gasteiger partial charge on any atom is -0.334 e. The van der Waals surface area contributed by atoms with Crippen LogP contribution in [-0.2, 0) is 21.7 Å². The highest BCUT2D eigenvalue weighted by Crippen LogP contribution is 2.65. The smallest absolute Gasteiger partial charge is 0.249 e. The van der Waals surface area contributed by atoms with Gasteiger partial charge >= 0.3 is 0 Å². The van der Waals surface area contributed by atoms with Crippen LogP contribution in [0.5, 0.6) is 0 Å². The predicted molar refractivity (Wildman–Crippen MR) is 365 cm³/mol. The zero-order valence-corrected chi connectivity index (χ0v) is 53.4. The summed E-state index contributed by atoms with van der Waals surface area (Å²) in [6, 6.07) is 58.1. The Morgan fingerprint density at radius 1 is 0.459 bits per heavy atom. The largest absolute Gasteiger partial charge is 0.334 e. The number of halogens is 2. The molecule has 8 heteroatoms. The SMILES string of the molecule is CC(C)(C)C1=CC2c3cc(C(C)(C)C)ccc3N3c4cc(Cl)cc5c4B(C(=C1)C23)c1cc2c(cc1S5)C1(c3ccccc3-2)c2ccccc2-c2cc3c(cc21)Sc1cc(Cl)cc2c1B3c1cc(C(C)(C)C)cc3c4cc(C(C)(C)C)ccc4n-2c13. The third-order valence-electron chi connectivity index (χ3n) is 20.9. The molecule has 0 fully saturated rings. The van der Waals surface area contributed by atoms with Crippen LogP contribution in [0.2, 0.25) is 10.0 Å². The van der Waals surface area contributed by atoms with Gasteiger partial charge in [0.1, 0.15) is 0 Å². The second kappa shape index (κ2) is 16.5. The summed E-state index contributed by atoms with van der Waals surface area (Å²) in [5.74, 6) is 0.206. The molecule has 18 rings (SSSR count). The number of benzene rings is 9. The number of rotatable bonds is 0. The number of fused-ring (bicyclic) bond motifs is 24. The minimum absolute atomic E-state index is 0.00142. The van der Waals surface area contributed by atoms with Gasteiger partial charge in [0.2, 0.25) is 13.4 Å². The molecule has 0 saturated carbocycles. The van der Waals surface area contributed by atoms with E-state index in [-0.39, 0.29) is 47.0 Å². The molecular weight excluding hydrogens is 1110 g/mol. The van der Waals surface area contributed by atoms with E-state index >= 15 is 0 Å². The van der Waals surface area contributed by atoms with Gasteiger partial charge in [0.15, 0.2) is 0 Å². The van der Waals surface area contributed by atoms with E-state index in [0.29, 0.717) is 0 Å². The lowest BCUT2D eigenvalue weighted by Crippen LogP contribution is -2.59. The Morgan fingerprint density at radius 2 is 1.01 bits per heavy atom. The summed E-state index contributed by atoms with van der Waals surface area (Å²) in [6.07, 6.45) is 5.24. The molecule has 0 bridgehead atoms. The first kappa shape index (κ1) is 51.7. The number of nitrogens with zero attached hydrogens (tertiary/aromatic N) is 2. The first-order valence-electron chi connectivity index (χ1n) is 30.6. The van der Waals surface area contributed by atoms with Crippen LogP contribution in [0.15, 0.2) is 188 Å². The summed E-state index contributed by atoms with van der Waals surface area (Å²) >= 11 is 18.6. The van der Waals surface area contributed by atoms with Gasteiger partial charge in [-0.1, -0.05) is 243 Å². The zero-order valence-electron chi connectivity index (χ0n) is 50.3. The Balaban J connectivity index is 0.870. The van der Waals surface area contributed by atoms with Crippen LogP contribution in [0.3, 0.4) is 0 Å². The van der Waals surface area contributed by atoms with Crippen molar-refractivity contribution in [1.29, 1.82) is 0 Å². The van der Waals surface area contributed by atoms with Crippen molar-refractivity contribution in [2.24, 2.45) is 5.41 Å². The number of hydrogen-bond donors (Lipinski definition) is 0. The molecule has 3 unspecified atom stereocenters. The maximum Gasteiger partial charge on any atom is 0.249 e. The van der Waals surface area contributed by atoms with Crippen LogP contribution in [-0.4, -0.2) is 24.0 Å². The number of aromatic nitrogens is 1. The Bertz CT molecular complexity index is 4900. The third kappa shape index (κ3) is 6.66. The minimum atomic E-state index is -0.565. The molecular formula is C77H64B2Cl2N2S2. The quantitative estimate of drug-likeness (QED) is 0.140. The fraction of sp³-hybridized carbons (Fsp3) is 0.247. The molecule has 1 spiro atoms. The second-order valence-electron chi connectivity index (χ2n) is 29.9. The van der Waals surface area contributed by atoms with Crippen molar-refractivity contribution in [2.75, 3.05) is 4.90 Å².